The molecule has 2 aliphatic heterocycles. The third-order valence-corrected chi connectivity index (χ3v) is 6.18. The molecule has 1 fully saturated rings. The number of piperidine rings is 1. The lowest BCUT2D eigenvalue weighted by atomic mass is 10.1. The van der Waals surface area contributed by atoms with E-state index in [1.807, 2.05) is 18.2 Å². The maximum Gasteiger partial charge on any atom is 0.285 e. The molecule has 0 aliphatic carbocycles. The highest BCUT2D eigenvalue weighted by Gasteiger charge is 2.28. The first-order valence-electron chi connectivity index (χ1n) is 8.30. The van der Waals surface area contributed by atoms with Crippen LogP contribution in [0, 0.1) is 0 Å². The minimum Gasteiger partial charge on any atom is -0.370 e. The van der Waals surface area contributed by atoms with E-state index in [0.29, 0.717) is 16.4 Å². The molecule has 5 nitrogen and oxygen atoms in total. The Balaban J connectivity index is 1.61. The maximum atomic E-state index is 12.1. The lowest BCUT2D eigenvalue weighted by Gasteiger charge is -2.29. The molecule has 0 atom stereocenters. The summed E-state index contributed by atoms with van der Waals surface area (Å²) in [6.07, 6.45) is 3.63. The van der Waals surface area contributed by atoms with Crippen LogP contribution in [0.2, 0.25) is 5.02 Å². The van der Waals surface area contributed by atoms with E-state index in [9.17, 15) is 8.42 Å². The summed E-state index contributed by atoms with van der Waals surface area (Å²) in [5, 5.41) is 3.75. The Morgan fingerprint density at radius 1 is 1.04 bits per heavy atom. The molecule has 4 rings (SSSR count). The van der Waals surface area contributed by atoms with Crippen molar-refractivity contribution in [3.8, 4) is 0 Å². The van der Waals surface area contributed by atoms with Gasteiger partial charge in [0.05, 0.1) is 10.7 Å². The summed E-state index contributed by atoms with van der Waals surface area (Å²) in [4.78, 5) is 2.52. The van der Waals surface area contributed by atoms with E-state index in [0.717, 1.165) is 24.5 Å². The molecule has 2 aromatic rings. The topological polar surface area (TPSA) is 61.8 Å². The lowest BCUT2D eigenvalue weighted by molar-refractivity contribution is 0.578. The van der Waals surface area contributed by atoms with Gasteiger partial charge < -0.3 is 10.2 Å². The van der Waals surface area contributed by atoms with Gasteiger partial charge in [-0.3, -0.25) is 0 Å². The molecular formula is C18H18ClN3O2S. The number of nitrogens with one attached hydrogen (secondary N) is 1. The van der Waals surface area contributed by atoms with E-state index in [1.165, 1.54) is 19.3 Å². The van der Waals surface area contributed by atoms with E-state index in [2.05, 4.69) is 14.6 Å². The smallest absolute Gasteiger partial charge is 0.285 e. The molecule has 0 aromatic heterocycles. The van der Waals surface area contributed by atoms with Gasteiger partial charge in [0.15, 0.2) is 5.84 Å². The van der Waals surface area contributed by atoms with Crippen molar-refractivity contribution in [2.75, 3.05) is 23.3 Å². The molecule has 0 unspecified atom stereocenters. The molecule has 2 heterocycles. The van der Waals surface area contributed by atoms with Crippen LogP contribution in [-0.2, 0) is 10.0 Å². The van der Waals surface area contributed by atoms with Crippen LogP contribution in [0.3, 0.4) is 0 Å². The number of sulfonamides is 1. The molecule has 0 bridgehead atoms. The average molecular weight is 376 g/mol. The number of halogens is 1. The Labute approximate surface area is 152 Å². The first-order chi connectivity index (χ1) is 12.0. The van der Waals surface area contributed by atoms with E-state index >= 15 is 0 Å². The summed E-state index contributed by atoms with van der Waals surface area (Å²) >= 11 is 6.46. The van der Waals surface area contributed by atoms with Gasteiger partial charge in [-0.05, 0) is 49.6 Å². The molecule has 0 radical (unpaired) electrons. The molecule has 0 amide bonds. The molecule has 2 aliphatic rings. The normalized spacial score (nSPS) is 18.6. The zero-order valence-electron chi connectivity index (χ0n) is 13.6. The quantitative estimate of drug-likeness (QED) is 0.864. The van der Waals surface area contributed by atoms with Crippen molar-refractivity contribution in [1.82, 2.24) is 0 Å². The largest absolute Gasteiger partial charge is 0.370 e. The number of hydrogen-bond donors (Lipinski definition) is 1. The molecule has 1 N–H and O–H groups in total. The first kappa shape index (κ1) is 16.4. The van der Waals surface area contributed by atoms with Gasteiger partial charge >= 0.3 is 0 Å². The second-order valence-electron chi connectivity index (χ2n) is 6.25. The van der Waals surface area contributed by atoms with Crippen molar-refractivity contribution in [2.24, 2.45) is 4.40 Å². The molecule has 0 saturated carbocycles. The minimum atomic E-state index is -3.63. The van der Waals surface area contributed by atoms with Crippen LogP contribution >= 0.6 is 11.6 Å². The van der Waals surface area contributed by atoms with E-state index in [-0.39, 0.29) is 4.90 Å². The van der Waals surface area contributed by atoms with Crippen molar-refractivity contribution in [3.63, 3.8) is 0 Å². The number of benzene rings is 2. The summed E-state index contributed by atoms with van der Waals surface area (Å²) in [7, 11) is -3.63. The van der Waals surface area contributed by atoms with Crippen LogP contribution in [0.4, 0.5) is 11.4 Å². The molecule has 130 valence electrons. The number of fused-ring (bicyclic) bond motifs is 1. The highest BCUT2D eigenvalue weighted by Crippen LogP contribution is 2.32. The van der Waals surface area contributed by atoms with Gasteiger partial charge in [-0.2, -0.15) is 8.42 Å². The third kappa shape index (κ3) is 3.12. The van der Waals surface area contributed by atoms with Crippen LogP contribution < -0.4 is 10.2 Å². The van der Waals surface area contributed by atoms with Crippen molar-refractivity contribution in [1.29, 1.82) is 0 Å². The van der Waals surface area contributed by atoms with Crippen LogP contribution in [0.15, 0.2) is 51.8 Å². The van der Waals surface area contributed by atoms with Gasteiger partial charge in [0, 0.05) is 24.3 Å². The summed E-state index contributed by atoms with van der Waals surface area (Å²) in [6, 6.07) is 12.5. The van der Waals surface area contributed by atoms with Crippen molar-refractivity contribution >= 4 is 38.8 Å². The van der Waals surface area contributed by atoms with Crippen LogP contribution in [0.25, 0.3) is 0 Å². The molecule has 1 saturated heterocycles. The molecule has 7 heteroatoms. The zero-order valence-corrected chi connectivity index (χ0v) is 15.1. The number of nitrogens with zero attached hydrogens (tertiary/aromatic N) is 2. The fourth-order valence-corrected chi connectivity index (χ4v) is 4.78. The summed E-state index contributed by atoms with van der Waals surface area (Å²) < 4.78 is 28.1. The molecular weight excluding hydrogens is 358 g/mol. The third-order valence-electron chi connectivity index (χ3n) is 4.54. The highest BCUT2D eigenvalue weighted by atomic mass is 35.5. The zero-order chi connectivity index (χ0) is 17.4. The minimum absolute atomic E-state index is 0.230. The second kappa shape index (κ2) is 6.35. The number of hydrogen-bond acceptors (Lipinski definition) is 4. The maximum absolute atomic E-state index is 12.1. The van der Waals surface area contributed by atoms with E-state index in [4.69, 9.17) is 11.6 Å². The van der Waals surface area contributed by atoms with Crippen molar-refractivity contribution < 1.29 is 8.42 Å². The monoisotopic (exact) mass is 375 g/mol. The Kier molecular flexibility index (Phi) is 4.17. The Morgan fingerprint density at radius 3 is 2.56 bits per heavy atom. The Hall–Kier alpha value is -2.05. The fraction of sp³-hybridized carbons (Fsp3) is 0.278. The van der Waals surface area contributed by atoms with Gasteiger partial charge in [0.1, 0.15) is 4.90 Å². The predicted octanol–water partition coefficient (Wildman–Crippen LogP) is 3.89. The van der Waals surface area contributed by atoms with Crippen LogP contribution in [-0.4, -0.2) is 27.3 Å². The molecule has 0 spiro atoms. The number of anilines is 2. The van der Waals surface area contributed by atoms with Gasteiger partial charge in [-0.25, -0.2) is 0 Å². The van der Waals surface area contributed by atoms with Crippen LogP contribution in [0.5, 0.6) is 0 Å². The Morgan fingerprint density at radius 2 is 1.80 bits per heavy atom. The number of amidine groups is 1. The highest BCUT2D eigenvalue weighted by molar-refractivity contribution is 7.90. The van der Waals surface area contributed by atoms with Gasteiger partial charge in [-0.15, -0.1) is 4.40 Å². The van der Waals surface area contributed by atoms with Gasteiger partial charge in [0.25, 0.3) is 10.0 Å². The first-order valence-corrected chi connectivity index (χ1v) is 10.1. The average Bonchev–Trinajstić information content (AvgIpc) is 2.87. The summed E-state index contributed by atoms with van der Waals surface area (Å²) in [6.45, 7) is 2.04. The van der Waals surface area contributed by atoms with Gasteiger partial charge in [-0.1, -0.05) is 23.7 Å². The summed E-state index contributed by atoms with van der Waals surface area (Å²) in [5.74, 6) is 0.331. The van der Waals surface area contributed by atoms with E-state index in [1.54, 1.807) is 24.3 Å². The molecule has 2 aromatic carbocycles. The molecule has 25 heavy (non-hydrogen) atoms. The standard InChI is InChI=1S/C18H18ClN3O2S/c19-15-12-13(8-9-16(15)22-10-4-1-5-11-22)20-18-14-6-2-3-7-17(14)25(23,24)21-18/h2-3,6-9,12H,1,4-5,10-11H2,(H,20,21). The SMILES string of the molecule is O=S1(=O)N=C(Nc2ccc(N3CCCCC3)c(Cl)c2)c2ccccc21. The van der Waals surface area contributed by atoms with Crippen molar-refractivity contribution in [3.05, 3.63) is 53.1 Å². The fourth-order valence-electron chi connectivity index (χ4n) is 3.31. The number of rotatable bonds is 2. The van der Waals surface area contributed by atoms with Crippen molar-refractivity contribution in [2.45, 2.75) is 24.2 Å². The van der Waals surface area contributed by atoms with Gasteiger partial charge in [0.2, 0.25) is 0 Å². The van der Waals surface area contributed by atoms with E-state index < -0.39 is 10.0 Å². The Bertz CT molecular complexity index is 951. The van der Waals surface area contributed by atoms with Crippen LogP contribution in [0.1, 0.15) is 24.8 Å². The predicted molar refractivity (Wildman–Crippen MR) is 101 cm³/mol. The lowest BCUT2D eigenvalue weighted by Crippen LogP contribution is -2.29. The second-order valence-corrected chi connectivity index (χ2v) is 8.23. The summed E-state index contributed by atoms with van der Waals surface area (Å²) in [5.41, 5.74) is 2.32.